The number of rotatable bonds is 5. The lowest BCUT2D eigenvalue weighted by atomic mass is 9.87. The molecular weight excluding hydrogens is 224 g/mol. The molecule has 1 aliphatic heterocycles. The first-order valence-electron chi connectivity index (χ1n) is 7.79. The lowest BCUT2D eigenvalue weighted by Gasteiger charge is -2.37. The van der Waals surface area contributed by atoms with Gasteiger partial charge in [0.05, 0.1) is 6.10 Å². The van der Waals surface area contributed by atoms with Crippen molar-refractivity contribution in [3.63, 3.8) is 0 Å². The number of hydrogen-bond donors (Lipinski definition) is 2. The van der Waals surface area contributed by atoms with Crippen molar-refractivity contribution in [3.8, 4) is 0 Å². The van der Waals surface area contributed by atoms with Gasteiger partial charge in [-0.25, -0.2) is 0 Å². The average Bonchev–Trinajstić information content (AvgIpc) is 2.84. The second kappa shape index (κ2) is 6.88. The normalized spacial score (nSPS) is 32.8. The van der Waals surface area contributed by atoms with E-state index in [9.17, 15) is 5.11 Å². The van der Waals surface area contributed by atoms with Crippen molar-refractivity contribution in [1.82, 2.24) is 4.90 Å². The van der Waals surface area contributed by atoms with Gasteiger partial charge in [0, 0.05) is 13.1 Å². The summed E-state index contributed by atoms with van der Waals surface area (Å²) in [5.41, 5.74) is 5.83. The smallest absolute Gasteiger partial charge is 0.0669 e. The third-order valence-electron chi connectivity index (χ3n) is 5.05. The summed E-state index contributed by atoms with van der Waals surface area (Å²) in [6.07, 6.45) is 7.53. The number of aliphatic hydroxyl groups is 1. The summed E-state index contributed by atoms with van der Waals surface area (Å²) in [6, 6.07) is 0. The molecule has 0 radical (unpaired) electrons. The van der Waals surface area contributed by atoms with Crippen LogP contribution in [0.15, 0.2) is 0 Å². The second-order valence-corrected chi connectivity index (χ2v) is 6.56. The zero-order chi connectivity index (χ0) is 13.0. The lowest BCUT2D eigenvalue weighted by molar-refractivity contribution is 0.0560. The molecule has 1 heterocycles. The van der Waals surface area contributed by atoms with Gasteiger partial charge in [-0.15, -0.1) is 0 Å². The molecule has 3 heteroatoms. The Morgan fingerprint density at radius 1 is 1.28 bits per heavy atom. The largest absolute Gasteiger partial charge is 0.392 e. The Labute approximate surface area is 112 Å². The first kappa shape index (κ1) is 14.3. The van der Waals surface area contributed by atoms with Crippen molar-refractivity contribution in [3.05, 3.63) is 0 Å². The van der Waals surface area contributed by atoms with Crippen LogP contribution in [0.3, 0.4) is 0 Å². The van der Waals surface area contributed by atoms with E-state index in [1.807, 2.05) is 0 Å². The lowest BCUT2D eigenvalue weighted by Crippen LogP contribution is -2.45. The highest BCUT2D eigenvalue weighted by Gasteiger charge is 2.27. The molecular formula is C15H30N2O. The van der Waals surface area contributed by atoms with E-state index in [2.05, 4.69) is 11.8 Å². The Bertz CT molecular complexity index is 241. The number of nitrogens with zero attached hydrogens (tertiary/aromatic N) is 1. The van der Waals surface area contributed by atoms with E-state index >= 15 is 0 Å². The summed E-state index contributed by atoms with van der Waals surface area (Å²) < 4.78 is 0. The molecule has 0 aromatic carbocycles. The fourth-order valence-electron chi connectivity index (χ4n) is 3.70. The van der Waals surface area contributed by atoms with Gasteiger partial charge in [0.15, 0.2) is 0 Å². The summed E-state index contributed by atoms with van der Waals surface area (Å²) in [5, 5.41) is 10.2. The molecule has 2 aliphatic rings. The second-order valence-electron chi connectivity index (χ2n) is 6.56. The molecule has 1 saturated heterocycles. The number of β-amino-alcohol motifs (C(OH)–C–C–N with tert-alkyl or cyclic N) is 1. The van der Waals surface area contributed by atoms with E-state index in [0.717, 1.165) is 44.4 Å². The minimum Gasteiger partial charge on any atom is -0.392 e. The number of likely N-dealkylation sites (tertiary alicyclic amines) is 1. The van der Waals surface area contributed by atoms with Gasteiger partial charge in [0.1, 0.15) is 0 Å². The summed E-state index contributed by atoms with van der Waals surface area (Å²) >= 11 is 0. The van der Waals surface area contributed by atoms with Gasteiger partial charge >= 0.3 is 0 Å². The Kier molecular flexibility index (Phi) is 5.46. The molecule has 1 aliphatic carbocycles. The number of nitrogens with two attached hydrogens (primary N) is 1. The van der Waals surface area contributed by atoms with Gasteiger partial charge in [-0.1, -0.05) is 32.6 Å². The predicted octanol–water partition coefficient (Wildman–Crippen LogP) is 1.84. The molecule has 0 bridgehead atoms. The highest BCUT2D eigenvalue weighted by Crippen LogP contribution is 2.29. The van der Waals surface area contributed by atoms with Crippen LogP contribution in [0.4, 0.5) is 0 Å². The van der Waals surface area contributed by atoms with E-state index in [1.165, 1.54) is 32.1 Å². The molecule has 0 aromatic heterocycles. The Balaban J connectivity index is 1.71. The van der Waals surface area contributed by atoms with Crippen molar-refractivity contribution in [2.45, 2.75) is 51.6 Å². The average molecular weight is 254 g/mol. The first-order valence-corrected chi connectivity index (χ1v) is 7.79. The van der Waals surface area contributed by atoms with E-state index in [4.69, 9.17) is 5.73 Å². The Hall–Kier alpha value is -0.120. The van der Waals surface area contributed by atoms with Gasteiger partial charge in [-0.3, -0.25) is 0 Å². The van der Waals surface area contributed by atoms with Gasteiger partial charge < -0.3 is 15.7 Å². The van der Waals surface area contributed by atoms with Crippen LogP contribution in [0.1, 0.15) is 45.4 Å². The zero-order valence-corrected chi connectivity index (χ0v) is 11.9. The molecule has 3 nitrogen and oxygen atoms in total. The van der Waals surface area contributed by atoms with Crippen molar-refractivity contribution in [2.75, 3.05) is 26.2 Å². The topological polar surface area (TPSA) is 49.5 Å². The van der Waals surface area contributed by atoms with Crippen LogP contribution >= 0.6 is 0 Å². The third-order valence-corrected chi connectivity index (χ3v) is 5.05. The fourth-order valence-corrected chi connectivity index (χ4v) is 3.70. The van der Waals surface area contributed by atoms with Crippen LogP contribution in [0.2, 0.25) is 0 Å². The predicted molar refractivity (Wildman–Crippen MR) is 75.3 cm³/mol. The number of piperidine rings is 1. The zero-order valence-electron chi connectivity index (χ0n) is 11.9. The molecule has 1 saturated carbocycles. The maximum atomic E-state index is 10.2. The Morgan fingerprint density at radius 3 is 2.67 bits per heavy atom. The van der Waals surface area contributed by atoms with Gasteiger partial charge in [0.25, 0.3) is 0 Å². The number of aliphatic hydroxyl groups excluding tert-OH is 1. The van der Waals surface area contributed by atoms with Crippen LogP contribution in [-0.4, -0.2) is 42.3 Å². The molecule has 3 unspecified atom stereocenters. The van der Waals surface area contributed by atoms with E-state index in [1.54, 1.807) is 0 Å². The third kappa shape index (κ3) is 3.94. The van der Waals surface area contributed by atoms with Crippen LogP contribution in [0.5, 0.6) is 0 Å². The van der Waals surface area contributed by atoms with E-state index in [0.29, 0.717) is 5.92 Å². The maximum Gasteiger partial charge on any atom is 0.0669 e. The summed E-state index contributed by atoms with van der Waals surface area (Å²) in [4.78, 5) is 2.43. The van der Waals surface area contributed by atoms with Gasteiger partial charge in [-0.05, 0) is 43.7 Å². The standard InChI is InChI=1S/C15H30N2O/c1-12-6-7-17(10-14(12)9-16)11-15(18)8-13-4-2-3-5-13/h12-15,18H,2-11,16H2,1H3. The summed E-state index contributed by atoms with van der Waals surface area (Å²) in [6.45, 7) is 6.18. The monoisotopic (exact) mass is 254 g/mol. The Morgan fingerprint density at radius 2 is 2.00 bits per heavy atom. The van der Waals surface area contributed by atoms with Gasteiger partial charge in [-0.2, -0.15) is 0 Å². The van der Waals surface area contributed by atoms with Crippen LogP contribution in [0.25, 0.3) is 0 Å². The summed E-state index contributed by atoms with van der Waals surface area (Å²) in [5.74, 6) is 2.16. The highest BCUT2D eigenvalue weighted by atomic mass is 16.3. The van der Waals surface area contributed by atoms with Crippen LogP contribution in [-0.2, 0) is 0 Å². The molecule has 18 heavy (non-hydrogen) atoms. The van der Waals surface area contributed by atoms with E-state index in [-0.39, 0.29) is 6.10 Å². The summed E-state index contributed by atoms with van der Waals surface area (Å²) in [7, 11) is 0. The van der Waals surface area contributed by atoms with Crippen molar-refractivity contribution in [2.24, 2.45) is 23.5 Å². The van der Waals surface area contributed by atoms with Crippen molar-refractivity contribution in [1.29, 1.82) is 0 Å². The van der Waals surface area contributed by atoms with Crippen molar-refractivity contribution < 1.29 is 5.11 Å². The molecule has 0 aromatic rings. The first-order chi connectivity index (χ1) is 8.69. The minimum absolute atomic E-state index is 0.125. The molecule has 0 spiro atoms. The van der Waals surface area contributed by atoms with Crippen LogP contribution < -0.4 is 5.73 Å². The SMILES string of the molecule is CC1CCN(CC(O)CC2CCCC2)CC1CN. The number of hydrogen-bond acceptors (Lipinski definition) is 3. The van der Waals surface area contributed by atoms with Crippen LogP contribution in [0, 0.1) is 17.8 Å². The molecule has 0 amide bonds. The van der Waals surface area contributed by atoms with Gasteiger partial charge in [0.2, 0.25) is 0 Å². The molecule has 2 rings (SSSR count). The molecule has 3 N–H and O–H groups in total. The minimum atomic E-state index is -0.125. The highest BCUT2D eigenvalue weighted by molar-refractivity contribution is 4.81. The molecule has 2 fully saturated rings. The fraction of sp³-hybridized carbons (Fsp3) is 1.00. The van der Waals surface area contributed by atoms with E-state index < -0.39 is 0 Å². The quantitative estimate of drug-likeness (QED) is 0.787. The maximum absolute atomic E-state index is 10.2. The molecule has 3 atom stereocenters. The van der Waals surface area contributed by atoms with Crippen molar-refractivity contribution >= 4 is 0 Å². The molecule has 106 valence electrons.